The average Bonchev–Trinajstić information content (AvgIpc) is 1.93. The molecule has 10 heavy (non-hydrogen) atoms. The van der Waals surface area contributed by atoms with Crippen LogP contribution in [-0.2, 0) is 0 Å². The molecule has 5 heteroatoms. The molecule has 1 aromatic rings. The first-order valence-electron chi connectivity index (χ1n) is 2.35. The van der Waals surface area contributed by atoms with E-state index in [-0.39, 0.29) is 5.02 Å². The Bertz CT molecular complexity index is 309. The van der Waals surface area contributed by atoms with Crippen LogP contribution in [0.1, 0.15) is 0 Å². The molecule has 2 nitrogen and oxygen atoms in total. The van der Waals surface area contributed by atoms with Gasteiger partial charge in [0, 0.05) is 6.20 Å². The number of hydrogen-bond donors (Lipinski definition) is 1. The molecule has 1 rings (SSSR count). The van der Waals surface area contributed by atoms with E-state index in [1.165, 1.54) is 0 Å². The van der Waals surface area contributed by atoms with Crippen molar-refractivity contribution < 1.29 is 8.78 Å². The molecule has 0 saturated carbocycles. The minimum absolute atomic E-state index is 0.362. The van der Waals surface area contributed by atoms with E-state index in [9.17, 15) is 13.6 Å². The highest BCUT2D eigenvalue weighted by atomic mass is 35.5. The number of aromatic nitrogens is 1. The predicted molar refractivity (Wildman–Crippen MR) is 32.0 cm³/mol. The zero-order chi connectivity index (χ0) is 7.72. The molecule has 0 aliphatic heterocycles. The molecule has 1 aromatic heterocycles. The fourth-order valence-corrected chi connectivity index (χ4v) is 0.598. The number of pyridine rings is 1. The van der Waals surface area contributed by atoms with Gasteiger partial charge in [0.05, 0.1) is 0 Å². The number of halogens is 3. The minimum atomic E-state index is -1.48. The number of H-pyrrole nitrogens is 1. The van der Waals surface area contributed by atoms with Gasteiger partial charge in [-0.05, 0) is 0 Å². The van der Waals surface area contributed by atoms with Gasteiger partial charge in [-0.25, -0.2) is 0 Å². The molecular weight excluding hydrogens is 164 g/mol. The maximum Gasteiger partial charge on any atom is 0.238 e. The molecular formula is C5H2ClF2NO. The van der Waals surface area contributed by atoms with Crippen molar-refractivity contribution in [2.75, 3.05) is 0 Å². The normalized spacial score (nSPS) is 9.90. The van der Waals surface area contributed by atoms with Gasteiger partial charge in [-0.3, -0.25) is 4.79 Å². The molecule has 0 spiro atoms. The zero-order valence-corrected chi connectivity index (χ0v) is 5.38. The molecule has 0 aromatic carbocycles. The molecule has 0 saturated heterocycles. The fraction of sp³-hybridized carbons (Fsp3) is 0. The van der Waals surface area contributed by atoms with Crippen LogP contribution in [0.5, 0.6) is 0 Å². The zero-order valence-electron chi connectivity index (χ0n) is 4.62. The Labute approximate surface area is 59.4 Å². The topological polar surface area (TPSA) is 32.9 Å². The summed E-state index contributed by atoms with van der Waals surface area (Å²) in [7, 11) is 0. The van der Waals surface area contributed by atoms with E-state index >= 15 is 0 Å². The lowest BCUT2D eigenvalue weighted by atomic mass is 10.4. The summed E-state index contributed by atoms with van der Waals surface area (Å²) < 4.78 is 24.3. The number of nitrogens with one attached hydrogen (secondary N) is 1. The van der Waals surface area contributed by atoms with Crippen LogP contribution in [0.2, 0.25) is 5.02 Å². The Morgan fingerprint density at radius 2 is 2.10 bits per heavy atom. The molecule has 1 N–H and O–H groups in total. The van der Waals surface area contributed by atoms with Crippen LogP contribution in [0.25, 0.3) is 0 Å². The van der Waals surface area contributed by atoms with Crippen LogP contribution in [-0.4, -0.2) is 4.98 Å². The largest absolute Gasteiger partial charge is 0.334 e. The summed E-state index contributed by atoms with van der Waals surface area (Å²) in [6.07, 6.45) is 0.891. The van der Waals surface area contributed by atoms with Crippen molar-refractivity contribution in [2.45, 2.75) is 0 Å². The quantitative estimate of drug-likeness (QED) is 0.578. The Morgan fingerprint density at radius 1 is 1.50 bits per heavy atom. The first-order chi connectivity index (χ1) is 4.63. The minimum Gasteiger partial charge on any atom is -0.334 e. The standard InChI is InChI=1S/C5H2ClF2NO/c6-2-1-9-5(8)3(7)4(2)10/h1H,(H,9,10). The van der Waals surface area contributed by atoms with Crippen LogP contribution in [0, 0.1) is 11.8 Å². The second kappa shape index (κ2) is 2.38. The van der Waals surface area contributed by atoms with Gasteiger partial charge in [-0.15, -0.1) is 0 Å². The first kappa shape index (κ1) is 7.21. The van der Waals surface area contributed by atoms with E-state index in [0.29, 0.717) is 0 Å². The highest BCUT2D eigenvalue weighted by molar-refractivity contribution is 6.30. The van der Waals surface area contributed by atoms with E-state index in [1.54, 1.807) is 0 Å². The summed E-state index contributed by atoms with van der Waals surface area (Å²) in [5.74, 6) is -2.78. The summed E-state index contributed by atoms with van der Waals surface area (Å²) >= 11 is 5.14. The lowest BCUT2D eigenvalue weighted by molar-refractivity contribution is 0.473. The van der Waals surface area contributed by atoms with Crippen LogP contribution < -0.4 is 5.43 Å². The van der Waals surface area contributed by atoms with Crippen molar-refractivity contribution in [3.8, 4) is 0 Å². The van der Waals surface area contributed by atoms with Crippen molar-refractivity contribution >= 4 is 11.6 Å². The van der Waals surface area contributed by atoms with Crippen molar-refractivity contribution in [2.24, 2.45) is 0 Å². The third-order valence-corrected chi connectivity index (χ3v) is 1.22. The summed E-state index contributed by atoms with van der Waals surface area (Å²) in [4.78, 5) is 12.3. The van der Waals surface area contributed by atoms with E-state index in [4.69, 9.17) is 11.6 Å². The van der Waals surface area contributed by atoms with Crippen molar-refractivity contribution in [3.63, 3.8) is 0 Å². The Kier molecular flexibility index (Phi) is 1.72. The highest BCUT2D eigenvalue weighted by Gasteiger charge is 2.08. The second-order valence-corrected chi connectivity index (χ2v) is 2.00. The van der Waals surface area contributed by atoms with Crippen molar-refractivity contribution in [1.82, 2.24) is 4.98 Å². The van der Waals surface area contributed by atoms with Crippen LogP contribution >= 0.6 is 11.6 Å². The molecule has 0 unspecified atom stereocenters. The predicted octanol–water partition coefficient (Wildman–Crippen LogP) is 1.31. The van der Waals surface area contributed by atoms with Crippen LogP contribution in [0.15, 0.2) is 11.0 Å². The molecule has 1 heterocycles. The Hall–Kier alpha value is -0.900. The number of aromatic amines is 1. The van der Waals surface area contributed by atoms with Crippen LogP contribution in [0.4, 0.5) is 8.78 Å². The van der Waals surface area contributed by atoms with Gasteiger partial charge < -0.3 is 4.98 Å². The van der Waals surface area contributed by atoms with Gasteiger partial charge in [0.1, 0.15) is 5.02 Å². The van der Waals surface area contributed by atoms with E-state index < -0.39 is 17.2 Å². The monoisotopic (exact) mass is 165 g/mol. The molecule has 0 fully saturated rings. The summed E-state index contributed by atoms with van der Waals surface area (Å²) in [6.45, 7) is 0. The third kappa shape index (κ3) is 1.02. The molecule has 0 atom stereocenters. The van der Waals surface area contributed by atoms with Gasteiger partial charge >= 0.3 is 0 Å². The van der Waals surface area contributed by atoms with Crippen molar-refractivity contribution in [3.05, 3.63) is 33.2 Å². The molecule has 0 aliphatic carbocycles. The summed E-state index contributed by atoms with van der Waals surface area (Å²) in [5.41, 5.74) is -1.13. The maximum absolute atomic E-state index is 12.2. The van der Waals surface area contributed by atoms with Gasteiger partial charge in [0.2, 0.25) is 17.2 Å². The molecule has 54 valence electrons. The van der Waals surface area contributed by atoms with Crippen LogP contribution in [0.3, 0.4) is 0 Å². The number of hydrogen-bond acceptors (Lipinski definition) is 1. The number of rotatable bonds is 0. The summed E-state index contributed by atoms with van der Waals surface area (Å²) in [6, 6.07) is 0. The van der Waals surface area contributed by atoms with Gasteiger partial charge in [0.15, 0.2) is 0 Å². The lowest BCUT2D eigenvalue weighted by Gasteiger charge is -1.90. The molecule has 0 aliphatic rings. The average molecular weight is 166 g/mol. The maximum atomic E-state index is 12.2. The Balaban J connectivity index is 3.50. The van der Waals surface area contributed by atoms with E-state index in [1.807, 2.05) is 4.98 Å². The lowest BCUT2D eigenvalue weighted by Crippen LogP contribution is -2.10. The molecule has 0 amide bonds. The molecule has 0 radical (unpaired) electrons. The van der Waals surface area contributed by atoms with E-state index in [0.717, 1.165) is 6.20 Å². The first-order valence-corrected chi connectivity index (χ1v) is 2.73. The van der Waals surface area contributed by atoms with Crippen molar-refractivity contribution in [1.29, 1.82) is 0 Å². The van der Waals surface area contributed by atoms with E-state index in [2.05, 4.69) is 0 Å². The third-order valence-electron chi connectivity index (χ3n) is 0.935. The fourth-order valence-electron chi connectivity index (χ4n) is 0.460. The SMILES string of the molecule is O=c1c(Cl)c[nH]c(F)c1F. The molecule has 0 bridgehead atoms. The van der Waals surface area contributed by atoms with Gasteiger partial charge in [0.25, 0.3) is 0 Å². The second-order valence-electron chi connectivity index (χ2n) is 1.59. The summed E-state index contributed by atoms with van der Waals surface area (Å²) in [5, 5.41) is -0.362. The highest BCUT2D eigenvalue weighted by Crippen LogP contribution is 2.01. The smallest absolute Gasteiger partial charge is 0.238 e. The Morgan fingerprint density at radius 3 is 2.60 bits per heavy atom. The van der Waals surface area contributed by atoms with Gasteiger partial charge in [-0.2, -0.15) is 8.78 Å². The van der Waals surface area contributed by atoms with Gasteiger partial charge in [-0.1, -0.05) is 11.6 Å².